The van der Waals surface area contributed by atoms with Crippen molar-refractivity contribution < 1.29 is 19.4 Å². The topological polar surface area (TPSA) is 99.8 Å². The molecular formula is C22H21NO5. The Hall–Kier alpha value is -3.12. The third-order valence-corrected chi connectivity index (χ3v) is 5.33. The van der Waals surface area contributed by atoms with Gasteiger partial charge in [-0.15, -0.1) is 0 Å². The quantitative estimate of drug-likeness (QED) is 0.570. The molecule has 4 rings (SSSR count). The van der Waals surface area contributed by atoms with Crippen LogP contribution in [0.1, 0.15) is 28.7 Å². The first-order valence-electron chi connectivity index (χ1n) is 9.34. The van der Waals surface area contributed by atoms with Crippen molar-refractivity contribution in [2.45, 2.75) is 38.3 Å². The van der Waals surface area contributed by atoms with Crippen molar-refractivity contribution in [1.29, 1.82) is 0 Å². The molecule has 3 N–H and O–H groups in total. The van der Waals surface area contributed by atoms with Crippen LogP contribution < -0.4 is 10.9 Å². The van der Waals surface area contributed by atoms with Gasteiger partial charge < -0.3 is 14.6 Å². The van der Waals surface area contributed by atoms with E-state index in [9.17, 15) is 19.8 Å². The summed E-state index contributed by atoms with van der Waals surface area (Å²) in [5.74, 6) is -1.00. The number of fused-ring (bicyclic) bond motifs is 3. The van der Waals surface area contributed by atoms with Crippen LogP contribution in [-0.4, -0.2) is 22.2 Å². The highest BCUT2D eigenvalue weighted by Crippen LogP contribution is 2.33. The second-order valence-corrected chi connectivity index (χ2v) is 7.10. The summed E-state index contributed by atoms with van der Waals surface area (Å²) < 4.78 is 5.52. The molecule has 0 radical (unpaired) electrons. The SMILES string of the molecule is O=C(O)[C@@H](Cc1ccccc1)NCc1c(O)ccc2c3c(c(=O)oc12)CCC3. The van der Waals surface area contributed by atoms with E-state index in [2.05, 4.69) is 5.32 Å². The number of hydrogen-bond acceptors (Lipinski definition) is 5. The van der Waals surface area contributed by atoms with Gasteiger partial charge in [-0.2, -0.15) is 0 Å². The van der Waals surface area contributed by atoms with Crippen molar-refractivity contribution >= 4 is 16.9 Å². The summed E-state index contributed by atoms with van der Waals surface area (Å²) in [6.45, 7) is 0.0781. The highest BCUT2D eigenvalue weighted by molar-refractivity contribution is 5.86. The molecule has 0 aliphatic heterocycles. The first-order valence-corrected chi connectivity index (χ1v) is 9.34. The summed E-state index contributed by atoms with van der Waals surface area (Å²) in [6.07, 6.45) is 2.73. The van der Waals surface area contributed by atoms with Gasteiger partial charge in [-0.25, -0.2) is 4.79 Å². The number of phenolic OH excluding ortho intramolecular Hbond substituents is 1. The highest BCUT2D eigenvalue weighted by atomic mass is 16.4. The summed E-state index contributed by atoms with van der Waals surface area (Å²) in [5.41, 5.74) is 2.96. The molecule has 6 heteroatoms. The molecule has 0 spiro atoms. The molecule has 1 aromatic heterocycles. The monoisotopic (exact) mass is 379 g/mol. The number of carbonyl (C=O) groups is 1. The van der Waals surface area contributed by atoms with Gasteiger partial charge in [-0.3, -0.25) is 10.1 Å². The molecule has 1 heterocycles. The zero-order valence-corrected chi connectivity index (χ0v) is 15.3. The Labute approximate surface area is 161 Å². The fourth-order valence-corrected chi connectivity index (χ4v) is 3.88. The number of carboxylic acid groups (broad SMARTS) is 1. The molecule has 0 fully saturated rings. The van der Waals surface area contributed by atoms with Gasteiger partial charge in [0, 0.05) is 17.5 Å². The molecule has 1 aliphatic rings. The minimum absolute atomic E-state index is 0.0232. The normalized spacial score (nSPS) is 14.1. The zero-order chi connectivity index (χ0) is 19.7. The maximum atomic E-state index is 12.3. The van der Waals surface area contributed by atoms with Crippen molar-refractivity contribution in [3.63, 3.8) is 0 Å². The van der Waals surface area contributed by atoms with Crippen LogP contribution in [0.25, 0.3) is 11.0 Å². The Kier molecular flexibility index (Phi) is 4.88. The Morgan fingerprint density at radius 3 is 2.61 bits per heavy atom. The Balaban J connectivity index is 1.65. The lowest BCUT2D eigenvalue weighted by molar-refractivity contribution is -0.139. The zero-order valence-electron chi connectivity index (χ0n) is 15.3. The fourth-order valence-electron chi connectivity index (χ4n) is 3.88. The molecule has 144 valence electrons. The van der Waals surface area contributed by atoms with E-state index < -0.39 is 12.0 Å². The largest absolute Gasteiger partial charge is 0.507 e. The number of nitrogens with one attached hydrogen (secondary N) is 1. The van der Waals surface area contributed by atoms with Crippen LogP contribution in [0.5, 0.6) is 5.75 Å². The van der Waals surface area contributed by atoms with Crippen LogP contribution in [0.3, 0.4) is 0 Å². The number of hydrogen-bond donors (Lipinski definition) is 3. The average molecular weight is 379 g/mol. The number of aryl methyl sites for hydroxylation is 1. The highest BCUT2D eigenvalue weighted by Gasteiger charge is 2.23. The molecule has 0 bridgehead atoms. The predicted molar refractivity (Wildman–Crippen MR) is 105 cm³/mol. The Morgan fingerprint density at radius 2 is 1.86 bits per heavy atom. The molecule has 28 heavy (non-hydrogen) atoms. The fraction of sp³-hybridized carbons (Fsp3) is 0.273. The smallest absolute Gasteiger partial charge is 0.339 e. The van der Waals surface area contributed by atoms with Gasteiger partial charge >= 0.3 is 11.6 Å². The lowest BCUT2D eigenvalue weighted by Crippen LogP contribution is -2.38. The number of phenols is 1. The van der Waals surface area contributed by atoms with E-state index >= 15 is 0 Å². The van der Waals surface area contributed by atoms with Gasteiger partial charge in [0.15, 0.2) is 0 Å². The van der Waals surface area contributed by atoms with Crippen LogP contribution in [0.4, 0.5) is 0 Å². The first kappa shape index (κ1) is 18.3. The minimum Gasteiger partial charge on any atom is -0.507 e. The Morgan fingerprint density at radius 1 is 1.11 bits per heavy atom. The first-order chi connectivity index (χ1) is 13.5. The number of aromatic hydroxyl groups is 1. The van der Waals surface area contributed by atoms with Crippen LogP contribution in [0.15, 0.2) is 51.7 Å². The third-order valence-electron chi connectivity index (χ3n) is 5.33. The molecular weight excluding hydrogens is 358 g/mol. The van der Waals surface area contributed by atoms with Crippen molar-refractivity contribution in [1.82, 2.24) is 5.32 Å². The van der Waals surface area contributed by atoms with Crippen molar-refractivity contribution in [2.24, 2.45) is 0 Å². The van der Waals surface area contributed by atoms with Crippen LogP contribution in [0.2, 0.25) is 0 Å². The van der Waals surface area contributed by atoms with E-state index in [4.69, 9.17) is 4.42 Å². The van der Waals surface area contributed by atoms with Crippen molar-refractivity contribution in [3.8, 4) is 5.75 Å². The van der Waals surface area contributed by atoms with Gasteiger partial charge in [0.1, 0.15) is 17.4 Å². The lowest BCUT2D eigenvalue weighted by atomic mass is 10.0. The minimum atomic E-state index is -0.981. The van der Waals surface area contributed by atoms with Gasteiger partial charge in [-0.05, 0) is 48.9 Å². The van der Waals surface area contributed by atoms with E-state index in [0.717, 1.165) is 29.4 Å². The molecule has 0 saturated heterocycles. The maximum Gasteiger partial charge on any atom is 0.339 e. The van der Waals surface area contributed by atoms with Gasteiger partial charge in [-0.1, -0.05) is 30.3 Å². The summed E-state index contributed by atoms with van der Waals surface area (Å²) in [4.78, 5) is 24.0. The molecule has 0 amide bonds. The van der Waals surface area contributed by atoms with E-state index in [1.54, 1.807) is 12.1 Å². The van der Waals surface area contributed by atoms with Crippen LogP contribution in [-0.2, 0) is 30.6 Å². The lowest BCUT2D eigenvalue weighted by Gasteiger charge is -2.16. The summed E-state index contributed by atoms with van der Waals surface area (Å²) >= 11 is 0. The maximum absolute atomic E-state index is 12.3. The second-order valence-electron chi connectivity index (χ2n) is 7.10. The Bertz CT molecular complexity index is 1090. The van der Waals surface area contributed by atoms with Crippen molar-refractivity contribution in [3.05, 3.63) is 75.1 Å². The number of aliphatic carboxylic acids is 1. The predicted octanol–water partition coefficient (Wildman–Crippen LogP) is 2.77. The van der Waals surface area contributed by atoms with E-state index in [-0.39, 0.29) is 17.9 Å². The standard InChI is InChI=1S/C22H21NO5/c24-19-10-9-15-14-7-4-8-16(14)22(27)28-20(15)17(19)12-23-18(21(25)26)11-13-5-2-1-3-6-13/h1-3,5-6,9-10,18,23-24H,4,7-8,11-12H2,(H,25,26)/t18-/m1/s1. The van der Waals surface area contributed by atoms with Crippen molar-refractivity contribution in [2.75, 3.05) is 0 Å². The average Bonchev–Trinajstić information content (AvgIpc) is 3.18. The van der Waals surface area contributed by atoms with Crippen LogP contribution in [0, 0.1) is 0 Å². The second kappa shape index (κ2) is 7.48. The van der Waals surface area contributed by atoms with Gasteiger partial charge in [0.05, 0.1) is 5.56 Å². The molecule has 1 aliphatic carbocycles. The molecule has 0 saturated carbocycles. The number of rotatable bonds is 6. The summed E-state index contributed by atoms with van der Waals surface area (Å²) in [6, 6.07) is 11.8. The molecule has 0 unspecified atom stereocenters. The molecule has 3 aromatic rings. The summed E-state index contributed by atoms with van der Waals surface area (Å²) in [7, 11) is 0. The van der Waals surface area contributed by atoms with E-state index in [1.807, 2.05) is 30.3 Å². The van der Waals surface area contributed by atoms with E-state index in [1.165, 1.54) is 0 Å². The van der Waals surface area contributed by atoms with Gasteiger partial charge in [0.25, 0.3) is 0 Å². The van der Waals surface area contributed by atoms with E-state index in [0.29, 0.717) is 29.6 Å². The molecule has 6 nitrogen and oxygen atoms in total. The number of benzene rings is 2. The van der Waals surface area contributed by atoms with Gasteiger partial charge in [0.2, 0.25) is 0 Å². The molecule has 1 atom stereocenters. The number of carboxylic acids is 1. The summed E-state index contributed by atoms with van der Waals surface area (Å²) in [5, 5.41) is 23.7. The molecule has 2 aromatic carbocycles. The van der Waals surface area contributed by atoms with Crippen LogP contribution >= 0.6 is 0 Å². The third kappa shape index (κ3) is 3.39.